The van der Waals surface area contributed by atoms with Crippen molar-refractivity contribution in [2.75, 3.05) is 33.9 Å². The van der Waals surface area contributed by atoms with E-state index in [1.807, 2.05) is 25.7 Å². The zero-order chi connectivity index (χ0) is 24.6. The van der Waals surface area contributed by atoms with Gasteiger partial charge in [0, 0.05) is 32.1 Å². The average molecular weight is 474 g/mol. The highest BCUT2D eigenvalue weighted by Crippen LogP contribution is 2.43. The van der Waals surface area contributed by atoms with E-state index in [1.54, 1.807) is 14.2 Å². The lowest BCUT2D eigenvalue weighted by atomic mass is 9.81. The fraction of sp³-hybridized carbons (Fsp3) is 0.692. The van der Waals surface area contributed by atoms with Crippen molar-refractivity contribution in [3.8, 4) is 11.5 Å². The van der Waals surface area contributed by atoms with Gasteiger partial charge in [-0.15, -0.1) is 0 Å². The summed E-state index contributed by atoms with van der Waals surface area (Å²) in [5.74, 6) is 2.03. The molecule has 3 aliphatic rings. The van der Waals surface area contributed by atoms with Gasteiger partial charge in [0.15, 0.2) is 11.5 Å². The summed E-state index contributed by atoms with van der Waals surface area (Å²) in [6.07, 6.45) is 2.74. The summed E-state index contributed by atoms with van der Waals surface area (Å²) >= 11 is 0. The van der Waals surface area contributed by atoms with Crippen LogP contribution in [0.5, 0.6) is 11.5 Å². The van der Waals surface area contributed by atoms with Gasteiger partial charge in [0.05, 0.1) is 26.3 Å². The molecule has 0 aromatic heterocycles. The van der Waals surface area contributed by atoms with Gasteiger partial charge in [0.25, 0.3) is 0 Å². The second kappa shape index (κ2) is 9.64. The maximum atomic E-state index is 13.0. The molecule has 0 spiro atoms. The topological polar surface area (TPSA) is 80.3 Å². The third-order valence-electron chi connectivity index (χ3n) is 7.29. The van der Waals surface area contributed by atoms with Crippen molar-refractivity contribution in [2.24, 2.45) is 5.92 Å². The van der Waals surface area contributed by atoms with Crippen molar-refractivity contribution < 1.29 is 23.8 Å². The van der Waals surface area contributed by atoms with Crippen molar-refractivity contribution >= 4 is 12.0 Å². The van der Waals surface area contributed by atoms with E-state index in [0.717, 1.165) is 38.2 Å². The summed E-state index contributed by atoms with van der Waals surface area (Å²) in [5.41, 5.74) is 1.87. The molecule has 4 unspecified atom stereocenters. The van der Waals surface area contributed by atoms with E-state index >= 15 is 0 Å². The van der Waals surface area contributed by atoms with Gasteiger partial charge in [-0.2, -0.15) is 0 Å². The standard InChI is InChI=1S/C26H39N3O5/c1-16-7-10-29(24(30)11-16)21-15-28-9-8-17-12-22(32-5)23(33-6)13-18(17)20(28)14-19(21)27-25(31)34-26(2,3)4/h12-13,16,19-21H,7-11,14-15H2,1-6H3,(H,27,31). The predicted molar refractivity (Wildman–Crippen MR) is 129 cm³/mol. The number of ether oxygens (including phenoxy) is 3. The number of rotatable bonds is 4. The number of hydrogen-bond acceptors (Lipinski definition) is 6. The molecule has 1 aromatic rings. The van der Waals surface area contributed by atoms with Gasteiger partial charge in [0.2, 0.25) is 5.91 Å². The number of benzene rings is 1. The van der Waals surface area contributed by atoms with Crippen LogP contribution in [-0.2, 0) is 16.0 Å². The second-order valence-electron chi connectivity index (χ2n) is 10.9. The lowest BCUT2D eigenvalue weighted by molar-refractivity contribution is -0.140. The Morgan fingerprint density at radius 1 is 1.12 bits per heavy atom. The fourth-order valence-corrected chi connectivity index (χ4v) is 5.62. The van der Waals surface area contributed by atoms with Crippen LogP contribution in [0.25, 0.3) is 0 Å². The average Bonchev–Trinajstić information content (AvgIpc) is 2.76. The Morgan fingerprint density at radius 2 is 1.82 bits per heavy atom. The first-order valence-corrected chi connectivity index (χ1v) is 12.4. The molecule has 3 aliphatic heterocycles. The van der Waals surface area contributed by atoms with E-state index in [2.05, 4.69) is 29.3 Å². The van der Waals surface area contributed by atoms with Gasteiger partial charge in [-0.25, -0.2) is 4.79 Å². The molecule has 0 aliphatic carbocycles. The summed E-state index contributed by atoms with van der Waals surface area (Å²) in [5, 5.41) is 3.13. The number of nitrogens with zero attached hydrogens (tertiary/aromatic N) is 2. The Bertz CT molecular complexity index is 928. The van der Waals surface area contributed by atoms with Crippen LogP contribution < -0.4 is 14.8 Å². The molecular formula is C26H39N3O5. The van der Waals surface area contributed by atoms with Crippen molar-refractivity contribution in [3.63, 3.8) is 0 Å². The van der Waals surface area contributed by atoms with Gasteiger partial charge in [-0.1, -0.05) is 6.92 Å². The minimum Gasteiger partial charge on any atom is -0.493 e. The highest BCUT2D eigenvalue weighted by atomic mass is 16.6. The van der Waals surface area contributed by atoms with Crippen molar-refractivity contribution in [1.29, 1.82) is 0 Å². The number of amides is 2. The normalized spacial score (nSPS) is 27.5. The summed E-state index contributed by atoms with van der Waals surface area (Å²) < 4.78 is 16.7. The molecule has 0 radical (unpaired) electrons. The van der Waals surface area contributed by atoms with E-state index in [0.29, 0.717) is 24.5 Å². The van der Waals surface area contributed by atoms with Crippen LogP contribution in [0.3, 0.4) is 0 Å². The van der Waals surface area contributed by atoms with Crippen molar-refractivity contribution in [2.45, 2.75) is 77.1 Å². The van der Waals surface area contributed by atoms with E-state index in [-0.39, 0.29) is 24.0 Å². The largest absolute Gasteiger partial charge is 0.493 e. The van der Waals surface area contributed by atoms with E-state index in [4.69, 9.17) is 14.2 Å². The minimum atomic E-state index is -0.585. The van der Waals surface area contributed by atoms with Crippen LogP contribution in [0.1, 0.15) is 64.1 Å². The lowest BCUT2D eigenvalue weighted by Crippen LogP contribution is -2.64. The lowest BCUT2D eigenvalue weighted by Gasteiger charge is -2.51. The molecule has 1 aromatic carbocycles. The molecule has 2 fully saturated rings. The Kier molecular flexibility index (Phi) is 6.99. The minimum absolute atomic E-state index is 0.0783. The summed E-state index contributed by atoms with van der Waals surface area (Å²) in [4.78, 5) is 30.3. The molecule has 2 saturated heterocycles. The van der Waals surface area contributed by atoms with Crippen LogP contribution in [0.2, 0.25) is 0 Å². The van der Waals surface area contributed by atoms with Crippen LogP contribution >= 0.6 is 0 Å². The molecule has 4 atom stereocenters. The number of carbonyl (C=O) groups excluding carboxylic acids is 2. The van der Waals surface area contributed by atoms with Crippen molar-refractivity contribution in [1.82, 2.24) is 15.1 Å². The van der Waals surface area contributed by atoms with E-state index in [9.17, 15) is 9.59 Å². The van der Waals surface area contributed by atoms with Gasteiger partial charge in [-0.3, -0.25) is 9.69 Å². The number of likely N-dealkylation sites (tertiary alicyclic amines) is 1. The summed E-state index contributed by atoms with van der Waals surface area (Å²) in [6, 6.07) is 3.99. The predicted octanol–water partition coefficient (Wildman–Crippen LogP) is 3.53. The molecule has 3 heterocycles. The third kappa shape index (κ3) is 5.11. The van der Waals surface area contributed by atoms with Crippen LogP contribution in [-0.4, -0.2) is 73.3 Å². The molecule has 0 saturated carbocycles. The molecule has 2 amide bonds. The van der Waals surface area contributed by atoms with Gasteiger partial charge in [-0.05, 0) is 69.2 Å². The Balaban J connectivity index is 1.63. The Hall–Kier alpha value is -2.48. The highest BCUT2D eigenvalue weighted by molar-refractivity contribution is 5.78. The zero-order valence-electron chi connectivity index (χ0n) is 21.3. The monoisotopic (exact) mass is 473 g/mol. The molecule has 34 heavy (non-hydrogen) atoms. The first-order chi connectivity index (χ1) is 16.1. The van der Waals surface area contributed by atoms with Crippen LogP contribution in [0.15, 0.2) is 12.1 Å². The molecule has 8 heteroatoms. The zero-order valence-corrected chi connectivity index (χ0v) is 21.3. The smallest absolute Gasteiger partial charge is 0.407 e. The number of fused-ring (bicyclic) bond motifs is 3. The van der Waals surface area contributed by atoms with Gasteiger partial charge >= 0.3 is 6.09 Å². The third-order valence-corrected chi connectivity index (χ3v) is 7.29. The maximum Gasteiger partial charge on any atom is 0.407 e. The Morgan fingerprint density at radius 3 is 2.47 bits per heavy atom. The maximum absolute atomic E-state index is 13.0. The van der Waals surface area contributed by atoms with Crippen molar-refractivity contribution in [3.05, 3.63) is 23.3 Å². The quantitative estimate of drug-likeness (QED) is 0.721. The SMILES string of the molecule is COc1cc2c(cc1OC)C1CC(NC(=O)OC(C)(C)C)C(N3CCC(C)CC3=O)CN1CC2. The van der Waals surface area contributed by atoms with E-state index < -0.39 is 11.7 Å². The number of carbonyl (C=O) groups is 2. The van der Waals surface area contributed by atoms with Crippen LogP contribution in [0, 0.1) is 5.92 Å². The molecule has 0 bridgehead atoms. The van der Waals surface area contributed by atoms with Crippen LogP contribution in [0.4, 0.5) is 4.79 Å². The number of hydrogen-bond donors (Lipinski definition) is 1. The number of methoxy groups -OCH3 is 2. The van der Waals surface area contributed by atoms with Gasteiger partial charge < -0.3 is 24.4 Å². The van der Waals surface area contributed by atoms with Gasteiger partial charge in [0.1, 0.15) is 5.60 Å². The Labute approximate surface area is 202 Å². The first kappa shape index (κ1) is 24.6. The molecule has 188 valence electrons. The molecular weight excluding hydrogens is 434 g/mol. The van der Waals surface area contributed by atoms with E-state index in [1.165, 1.54) is 11.1 Å². The number of alkyl carbamates (subject to hydrolysis) is 1. The summed E-state index contributed by atoms with van der Waals surface area (Å²) in [6.45, 7) is 10.1. The molecule has 1 N–H and O–H groups in total. The highest BCUT2D eigenvalue weighted by Gasteiger charge is 2.44. The molecule has 8 nitrogen and oxygen atoms in total. The first-order valence-electron chi connectivity index (χ1n) is 12.4. The fourth-order valence-electron chi connectivity index (χ4n) is 5.62. The number of nitrogens with one attached hydrogen (secondary N) is 1. The number of piperidine rings is 2. The molecule has 4 rings (SSSR count). The summed E-state index contributed by atoms with van der Waals surface area (Å²) in [7, 11) is 3.30. The second-order valence-corrected chi connectivity index (χ2v) is 10.9.